The summed E-state index contributed by atoms with van der Waals surface area (Å²) in [6.07, 6.45) is 5.09. The van der Waals surface area contributed by atoms with Crippen LogP contribution in [-0.2, 0) is 4.74 Å². The van der Waals surface area contributed by atoms with Gasteiger partial charge in [-0.25, -0.2) is 4.79 Å². The second-order valence-electron chi connectivity index (χ2n) is 5.65. The maximum absolute atomic E-state index is 11.6. The van der Waals surface area contributed by atoms with E-state index in [9.17, 15) is 4.79 Å². The quantitative estimate of drug-likeness (QED) is 0.804. The van der Waals surface area contributed by atoms with Crippen molar-refractivity contribution < 1.29 is 9.53 Å². The second kappa shape index (κ2) is 5.90. The molecule has 1 N–H and O–H groups in total. The molecule has 1 saturated carbocycles. The van der Waals surface area contributed by atoms with E-state index in [0.717, 1.165) is 25.7 Å². The number of hydrogen-bond donors (Lipinski definition) is 1. The molecule has 1 rings (SSSR count). The molecule has 0 heterocycles. The minimum absolute atomic E-state index is 0.279. The number of ether oxygens (including phenoxy) is 1. The molecule has 17 heavy (non-hydrogen) atoms. The van der Waals surface area contributed by atoms with Gasteiger partial charge in [-0.15, -0.1) is 0 Å². The Hall–Kier alpha value is -1.24. The molecule has 0 aromatic heterocycles. The Morgan fingerprint density at radius 2 is 1.94 bits per heavy atom. The van der Waals surface area contributed by atoms with Crippen LogP contribution in [0.4, 0.5) is 4.79 Å². The Kier molecular flexibility index (Phi) is 4.80. The zero-order chi connectivity index (χ0) is 12.9. The number of nitrogens with zero attached hydrogens (tertiary/aromatic N) is 1. The molecule has 1 amide bonds. The normalized spacial score (nSPS) is 19.2. The highest BCUT2D eigenvalue weighted by Gasteiger charge is 2.26. The lowest BCUT2D eigenvalue weighted by Crippen LogP contribution is -2.42. The predicted octanol–water partition coefficient (Wildman–Crippen LogP) is 2.98. The molecule has 0 aromatic carbocycles. The number of carbonyl (C=O) groups excluding carboxylic acids is 1. The van der Waals surface area contributed by atoms with Crippen LogP contribution < -0.4 is 5.32 Å². The summed E-state index contributed by atoms with van der Waals surface area (Å²) in [5, 5.41) is 11.8. The van der Waals surface area contributed by atoms with Gasteiger partial charge in [-0.2, -0.15) is 5.26 Å². The SMILES string of the molecule is CC(C)(C)OC(=O)N[C@@H](C#N)C1CCCCC1. The Balaban J connectivity index is 2.46. The molecule has 0 saturated heterocycles. The lowest BCUT2D eigenvalue weighted by molar-refractivity contribution is 0.0496. The first-order chi connectivity index (χ1) is 7.92. The fourth-order valence-electron chi connectivity index (χ4n) is 2.16. The molecule has 0 spiro atoms. The molecule has 1 aliphatic carbocycles. The lowest BCUT2D eigenvalue weighted by atomic mass is 9.84. The van der Waals surface area contributed by atoms with Crippen LogP contribution in [0, 0.1) is 17.2 Å². The van der Waals surface area contributed by atoms with Crippen LogP contribution in [0.25, 0.3) is 0 Å². The van der Waals surface area contributed by atoms with Crippen LogP contribution >= 0.6 is 0 Å². The maximum atomic E-state index is 11.6. The van der Waals surface area contributed by atoms with E-state index in [1.54, 1.807) is 0 Å². The lowest BCUT2D eigenvalue weighted by Gasteiger charge is -2.27. The van der Waals surface area contributed by atoms with Crippen LogP contribution in [-0.4, -0.2) is 17.7 Å². The zero-order valence-corrected chi connectivity index (χ0v) is 11.0. The number of hydrogen-bond acceptors (Lipinski definition) is 3. The van der Waals surface area contributed by atoms with Gasteiger partial charge < -0.3 is 10.1 Å². The third-order valence-corrected chi connectivity index (χ3v) is 2.93. The summed E-state index contributed by atoms with van der Waals surface area (Å²) in [5.74, 6) is 0.279. The van der Waals surface area contributed by atoms with Gasteiger partial charge in [0, 0.05) is 0 Å². The van der Waals surface area contributed by atoms with Crippen molar-refractivity contribution in [2.75, 3.05) is 0 Å². The summed E-state index contributed by atoms with van der Waals surface area (Å²) in [5.41, 5.74) is -0.517. The average Bonchev–Trinajstić information content (AvgIpc) is 2.24. The Morgan fingerprint density at radius 1 is 1.35 bits per heavy atom. The van der Waals surface area contributed by atoms with Gasteiger partial charge in [-0.3, -0.25) is 0 Å². The second-order valence-corrected chi connectivity index (χ2v) is 5.65. The molecule has 0 bridgehead atoms. The number of nitriles is 1. The molecule has 0 aliphatic heterocycles. The summed E-state index contributed by atoms with van der Waals surface area (Å²) in [4.78, 5) is 11.6. The van der Waals surface area contributed by atoms with Crippen molar-refractivity contribution in [1.82, 2.24) is 5.32 Å². The van der Waals surface area contributed by atoms with Gasteiger partial charge in [0.25, 0.3) is 0 Å². The Labute approximate surface area is 103 Å². The van der Waals surface area contributed by atoms with Gasteiger partial charge in [0.1, 0.15) is 11.6 Å². The van der Waals surface area contributed by atoms with E-state index in [0.29, 0.717) is 0 Å². The summed E-state index contributed by atoms with van der Waals surface area (Å²) >= 11 is 0. The minimum Gasteiger partial charge on any atom is -0.444 e. The standard InChI is InChI=1S/C13H22N2O2/c1-13(2,3)17-12(16)15-11(9-14)10-7-5-4-6-8-10/h10-11H,4-8H2,1-3H3,(H,15,16)/t11-/m0/s1. The topological polar surface area (TPSA) is 62.1 Å². The van der Waals surface area contributed by atoms with Crippen molar-refractivity contribution in [3.05, 3.63) is 0 Å². The highest BCUT2D eigenvalue weighted by atomic mass is 16.6. The molecule has 0 radical (unpaired) electrons. The summed E-state index contributed by atoms with van der Waals surface area (Å²) in [6.45, 7) is 5.44. The molecule has 4 nitrogen and oxygen atoms in total. The third kappa shape index (κ3) is 5.08. The van der Waals surface area contributed by atoms with Crippen LogP contribution in [0.15, 0.2) is 0 Å². The molecule has 4 heteroatoms. The van der Waals surface area contributed by atoms with Crippen LogP contribution in [0.3, 0.4) is 0 Å². The van der Waals surface area contributed by atoms with Crippen LogP contribution in [0.5, 0.6) is 0 Å². The molecule has 1 atom stereocenters. The van der Waals surface area contributed by atoms with E-state index < -0.39 is 17.7 Å². The van der Waals surface area contributed by atoms with E-state index in [4.69, 9.17) is 10.00 Å². The van der Waals surface area contributed by atoms with Crippen molar-refractivity contribution in [3.8, 4) is 6.07 Å². The number of alkyl carbamates (subject to hydrolysis) is 1. The molecule has 96 valence electrons. The first kappa shape index (κ1) is 13.8. The zero-order valence-electron chi connectivity index (χ0n) is 11.0. The first-order valence-corrected chi connectivity index (χ1v) is 6.31. The molecular formula is C13H22N2O2. The van der Waals surface area contributed by atoms with Gasteiger partial charge in [-0.05, 0) is 39.5 Å². The monoisotopic (exact) mass is 238 g/mol. The van der Waals surface area contributed by atoms with Crippen molar-refractivity contribution in [1.29, 1.82) is 5.26 Å². The maximum Gasteiger partial charge on any atom is 0.408 e. The van der Waals surface area contributed by atoms with Crippen molar-refractivity contribution in [3.63, 3.8) is 0 Å². The number of amides is 1. The van der Waals surface area contributed by atoms with Crippen molar-refractivity contribution in [2.45, 2.75) is 64.5 Å². The summed E-state index contributed by atoms with van der Waals surface area (Å²) in [6, 6.07) is 1.76. The van der Waals surface area contributed by atoms with E-state index in [1.165, 1.54) is 6.42 Å². The Morgan fingerprint density at radius 3 is 2.41 bits per heavy atom. The highest BCUT2D eigenvalue weighted by molar-refractivity contribution is 5.68. The largest absolute Gasteiger partial charge is 0.444 e. The first-order valence-electron chi connectivity index (χ1n) is 6.31. The Bertz CT molecular complexity index is 296. The molecule has 1 aliphatic rings. The fraction of sp³-hybridized carbons (Fsp3) is 0.846. The number of nitrogens with one attached hydrogen (secondary N) is 1. The van der Waals surface area contributed by atoms with E-state index in [-0.39, 0.29) is 5.92 Å². The van der Waals surface area contributed by atoms with Crippen molar-refractivity contribution >= 4 is 6.09 Å². The predicted molar refractivity (Wildman–Crippen MR) is 65.3 cm³/mol. The molecular weight excluding hydrogens is 216 g/mol. The van der Waals surface area contributed by atoms with Crippen molar-refractivity contribution in [2.24, 2.45) is 5.92 Å². The highest BCUT2D eigenvalue weighted by Crippen LogP contribution is 2.26. The van der Waals surface area contributed by atoms with E-state index in [2.05, 4.69) is 11.4 Å². The number of carbonyl (C=O) groups is 1. The summed E-state index contributed by atoms with van der Waals surface area (Å²) in [7, 11) is 0. The third-order valence-electron chi connectivity index (χ3n) is 2.93. The smallest absolute Gasteiger partial charge is 0.408 e. The number of rotatable bonds is 2. The molecule has 0 aromatic rings. The van der Waals surface area contributed by atoms with Crippen LogP contribution in [0.1, 0.15) is 52.9 Å². The average molecular weight is 238 g/mol. The van der Waals surface area contributed by atoms with E-state index in [1.807, 2.05) is 20.8 Å². The summed E-state index contributed by atoms with van der Waals surface area (Å²) < 4.78 is 5.16. The van der Waals surface area contributed by atoms with Crippen LogP contribution in [0.2, 0.25) is 0 Å². The van der Waals surface area contributed by atoms with Gasteiger partial charge in [0.05, 0.1) is 6.07 Å². The van der Waals surface area contributed by atoms with E-state index >= 15 is 0 Å². The van der Waals surface area contributed by atoms with Gasteiger partial charge in [0.15, 0.2) is 0 Å². The van der Waals surface area contributed by atoms with Gasteiger partial charge in [0.2, 0.25) is 0 Å². The van der Waals surface area contributed by atoms with Gasteiger partial charge >= 0.3 is 6.09 Å². The minimum atomic E-state index is -0.517. The fourth-order valence-corrected chi connectivity index (χ4v) is 2.16. The molecule has 1 fully saturated rings. The van der Waals surface area contributed by atoms with Gasteiger partial charge in [-0.1, -0.05) is 19.3 Å². The molecule has 0 unspecified atom stereocenters.